The molecular formula is C10H11NO5. The third-order valence-electron chi connectivity index (χ3n) is 2.04. The molecule has 4 N–H and O–H groups in total. The summed E-state index contributed by atoms with van der Waals surface area (Å²) >= 11 is 0. The number of aromatic hydroxyl groups is 1. The summed E-state index contributed by atoms with van der Waals surface area (Å²) in [5, 5.41) is 18.4. The Morgan fingerprint density at radius 2 is 1.94 bits per heavy atom. The molecule has 6 heteroatoms. The Bertz CT molecular complexity index is 441. The van der Waals surface area contributed by atoms with Gasteiger partial charge in [0.05, 0.1) is 7.11 Å². The fraction of sp³-hybridized carbons (Fsp3) is 0.200. The molecule has 6 nitrogen and oxygen atoms in total. The minimum absolute atomic E-state index is 0.0601. The number of carbonyl (C=O) groups is 2. The summed E-state index contributed by atoms with van der Waals surface area (Å²) in [6.07, 6.45) is 0. The zero-order valence-corrected chi connectivity index (χ0v) is 8.56. The summed E-state index contributed by atoms with van der Waals surface area (Å²) in [7, 11) is 1.14. The van der Waals surface area contributed by atoms with Crippen LogP contribution in [0.15, 0.2) is 12.1 Å². The van der Waals surface area contributed by atoms with Crippen molar-refractivity contribution < 1.29 is 24.5 Å². The monoisotopic (exact) mass is 225 g/mol. The van der Waals surface area contributed by atoms with Crippen LogP contribution in [0.5, 0.6) is 5.75 Å². The SMILES string of the molecule is COC(=O)c1cc(CN)cc(C(=O)O)c1O. The Balaban J connectivity index is 3.43. The van der Waals surface area contributed by atoms with Crippen LogP contribution < -0.4 is 5.73 Å². The highest BCUT2D eigenvalue weighted by molar-refractivity contribution is 5.99. The first-order chi connectivity index (χ1) is 7.51. The summed E-state index contributed by atoms with van der Waals surface area (Å²) in [4.78, 5) is 22.1. The van der Waals surface area contributed by atoms with E-state index < -0.39 is 17.7 Å². The molecule has 0 atom stereocenters. The van der Waals surface area contributed by atoms with Crippen molar-refractivity contribution in [1.82, 2.24) is 0 Å². The zero-order valence-electron chi connectivity index (χ0n) is 8.56. The average molecular weight is 225 g/mol. The molecular weight excluding hydrogens is 214 g/mol. The Hall–Kier alpha value is -2.08. The molecule has 1 aromatic carbocycles. The lowest BCUT2D eigenvalue weighted by atomic mass is 10.0. The second-order valence-corrected chi connectivity index (χ2v) is 3.04. The molecule has 16 heavy (non-hydrogen) atoms. The van der Waals surface area contributed by atoms with E-state index in [2.05, 4.69) is 4.74 Å². The van der Waals surface area contributed by atoms with E-state index in [4.69, 9.17) is 10.8 Å². The maximum absolute atomic E-state index is 11.3. The molecule has 0 amide bonds. The van der Waals surface area contributed by atoms with Crippen LogP contribution in [0, 0.1) is 0 Å². The standard InChI is InChI=1S/C10H11NO5/c1-16-10(15)7-3-5(4-11)2-6(8(7)12)9(13)14/h2-3,12H,4,11H2,1H3,(H,13,14). The molecule has 0 heterocycles. The quantitative estimate of drug-likeness (QED) is 0.639. The summed E-state index contributed by atoms with van der Waals surface area (Å²) < 4.78 is 4.42. The van der Waals surface area contributed by atoms with Crippen molar-refractivity contribution in [2.24, 2.45) is 5.73 Å². The molecule has 0 aliphatic rings. The molecule has 1 aromatic rings. The van der Waals surface area contributed by atoms with Crippen LogP contribution in [0.4, 0.5) is 0 Å². The number of nitrogens with two attached hydrogens (primary N) is 1. The number of phenols is 1. The van der Waals surface area contributed by atoms with Crippen molar-refractivity contribution in [2.75, 3.05) is 7.11 Å². The van der Waals surface area contributed by atoms with Crippen LogP contribution in [0.1, 0.15) is 26.3 Å². The van der Waals surface area contributed by atoms with E-state index in [1.807, 2.05) is 0 Å². The lowest BCUT2D eigenvalue weighted by Crippen LogP contribution is -2.09. The lowest BCUT2D eigenvalue weighted by molar-refractivity contribution is 0.0597. The first kappa shape index (κ1) is 12.0. The predicted octanol–water partition coefficient (Wildman–Crippen LogP) is 0.336. The van der Waals surface area contributed by atoms with Crippen LogP contribution in [0.25, 0.3) is 0 Å². The fourth-order valence-electron chi connectivity index (χ4n) is 1.24. The fourth-order valence-corrected chi connectivity index (χ4v) is 1.24. The van der Waals surface area contributed by atoms with E-state index in [9.17, 15) is 14.7 Å². The van der Waals surface area contributed by atoms with Gasteiger partial charge in [-0.15, -0.1) is 0 Å². The lowest BCUT2D eigenvalue weighted by Gasteiger charge is -2.08. The highest BCUT2D eigenvalue weighted by Gasteiger charge is 2.20. The van der Waals surface area contributed by atoms with Gasteiger partial charge in [0, 0.05) is 6.54 Å². The van der Waals surface area contributed by atoms with Crippen molar-refractivity contribution in [3.8, 4) is 5.75 Å². The second kappa shape index (κ2) is 4.63. The van der Waals surface area contributed by atoms with Gasteiger partial charge in [-0.1, -0.05) is 0 Å². The molecule has 0 aliphatic carbocycles. The summed E-state index contributed by atoms with van der Waals surface area (Å²) in [6.45, 7) is 0.0601. The number of rotatable bonds is 3. The summed E-state index contributed by atoms with van der Waals surface area (Å²) in [6, 6.07) is 2.51. The van der Waals surface area contributed by atoms with Crippen LogP contribution in [0.2, 0.25) is 0 Å². The largest absolute Gasteiger partial charge is 0.506 e. The van der Waals surface area contributed by atoms with Crippen LogP contribution in [-0.2, 0) is 11.3 Å². The molecule has 0 spiro atoms. The molecule has 0 fully saturated rings. The van der Waals surface area contributed by atoms with Gasteiger partial charge in [-0.3, -0.25) is 0 Å². The Morgan fingerprint density at radius 3 is 2.38 bits per heavy atom. The van der Waals surface area contributed by atoms with Gasteiger partial charge in [0.15, 0.2) is 0 Å². The number of esters is 1. The van der Waals surface area contributed by atoms with Gasteiger partial charge in [-0.25, -0.2) is 9.59 Å². The van der Waals surface area contributed by atoms with Crippen molar-refractivity contribution >= 4 is 11.9 Å². The topological polar surface area (TPSA) is 110 Å². The smallest absolute Gasteiger partial charge is 0.341 e. The number of hydrogen-bond acceptors (Lipinski definition) is 5. The third-order valence-corrected chi connectivity index (χ3v) is 2.04. The first-order valence-corrected chi connectivity index (χ1v) is 4.38. The number of hydrogen-bond donors (Lipinski definition) is 3. The Morgan fingerprint density at radius 1 is 1.38 bits per heavy atom. The van der Waals surface area contributed by atoms with E-state index in [1.165, 1.54) is 12.1 Å². The van der Waals surface area contributed by atoms with Gasteiger partial charge in [0.25, 0.3) is 0 Å². The molecule has 0 radical (unpaired) electrons. The van der Waals surface area contributed by atoms with Gasteiger partial charge < -0.3 is 20.7 Å². The van der Waals surface area contributed by atoms with Gasteiger partial charge >= 0.3 is 11.9 Å². The number of carboxylic acid groups (broad SMARTS) is 1. The number of ether oxygens (including phenoxy) is 1. The molecule has 0 bridgehead atoms. The second-order valence-electron chi connectivity index (χ2n) is 3.04. The number of carbonyl (C=O) groups excluding carboxylic acids is 1. The average Bonchev–Trinajstić information content (AvgIpc) is 2.28. The van der Waals surface area contributed by atoms with Gasteiger partial charge in [-0.2, -0.15) is 0 Å². The van der Waals surface area contributed by atoms with E-state index in [0.717, 1.165) is 7.11 Å². The van der Waals surface area contributed by atoms with Crippen molar-refractivity contribution in [3.05, 3.63) is 28.8 Å². The number of carboxylic acids is 1. The van der Waals surface area contributed by atoms with Gasteiger partial charge in [0.1, 0.15) is 16.9 Å². The maximum Gasteiger partial charge on any atom is 0.341 e. The van der Waals surface area contributed by atoms with Gasteiger partial charge in [-0.05, 0) is 17.7 Å². The number of aromatic carboxylic acids is 1. The Kier molecular flexibility index (Phi) is 3.47. The van der Waals surface area contributed by atoms with Crippen LogP contribution in [0.3, 0.4) is 0 Å². The zero-order chi connectivity index (χ0) is 12.3. The molecule has 0 saturated heterocycles. The molecule has 1 rings (SSSR count). The van der Waals surface area contributed by atoms with Crippen LogP contribution >= 0.6 is 0 Å². The minimum Gasteiger partial charge on any atom is -0.506 e. The maximum atomic E-state index is 11.3. The van der Waals surface area contributed by atoms with E-state index in [-0.39, 0.29) is 17.7 Å². The van der Waals surface area contributed by atoms with Crippen molar-refractivity contribution in [2.45, 2.75) is 6.54 Å². The van der Waals surface area contributed by atoms with Gasteiger partial charge in [0.2, 0.25) is 0 Å². The molecule has 0 aliphatic heterocycles. The van der Waals surface area contributed by atoms with Crippen LogP contribution in [-0.4, -0.2) is 29.3 Å². The summed E-state index contributed by atoms with van der Waals surface area (Å²) in [5.74, 6) is -2.76. The van der Waals surface area contributed by atoms with Crippen molar-refractivity contribution in [1.29, 1.82) is 0 Å². The molecule has 86 valence electrons. The van der Waals surface area contributed by atoms with E-state index >= 15 is 0 Å². The number of methoxy groups -OCH3 is 1. The highest BCUT2D eigenvalue weighted by Crippen LogP contribution is 2.25. The summed E-state index contributed by atoms with van der Waals surface area (Å²) in [5.41, 5.74) is 5.20. The van der Waals surface area contributed by atoms with Crippen molar-refractivity contribution in [3.63, 3.8) is 0 Å². The van der Waals surface area contributed by atoms with E-state index in [1.54, 1.807) is 0 Å². The predicted molar refractivity (Wildman–Crippen MR) is 54.3 cm³/mol. The Labute approximate surface area is 91.3 Å². The minimum atomic E-state index is -1.34. The number of benzene rings is 1. The normalized spacial score (nSPS) is 9.88. The van der Waals surface area contributed by atoms with E-state index in [0.29, 0.717) is 5.56 Å². The molecule has 0 aromatic heterocycles. The first-order valence-electron chi connectivity index (χ1n) is 4.38. The molecule has 0 unspecified atom stereocenters. The third kappa shape index (κ3) is 2.12. The molecule has 0 saturated carbocycles. The highest BCUT2D eigenvalue weighted by atomic mass is 16.5.